The normalized spacial score (nSPS) is 21.1. The molecule has 2 aromatic rings. The van der Waals surface area contributed by atoms with E-state index in [1.807, 2.05) is 30.9 Å². The van der Waals surface area contributed by atoms with E-state index in [1.54, 1.807) is 21.1 Å². The molecule has 0 bridgehead atoms. The number of nitrogens with zero attached hydrogens (tertiary/aromatic N) is 2. The van der Waals surface area contributed by atoms with E-state index in [1.165, 1.54) is 0 Å². The Balaban J connectivity index is 1.49. The van der Waals surface area contributed by atoms with E-state index in [-0.39, 0.29) is 30.1 Å². The molecule has 0 spiro atoms. The smallest absolute Gasteiger partial charge is 0.219 e. The molecular formula is C32H47N3O6. The topological polar surface area (TPSA) is 81.7 Å². The molecule has 9 heteroatoms. The van der Waals surface area contributed by atoms with Gasteiger partial charge in [0.1, 0.15) is 18.1 Å². The van der Waals surface area contributed by atoms with Crippen LogP contribution in [0.3, 0.4) is 0 Å². The molecule has 1 saturated heterocycles. The molecule has 0 radical (unpaired) electrons. The average Bonchev–Trinajstić information content (AvgIpc) is 2.99. The Labute approximate surface area is 245 Å². The largest absolute Gasteiger partial charge is 0.497 e. The lowest BCUT2D eigenvalue weighted by Crippen LogP contribution is -2.51. The zero-order valence-electron chi connectivity index (χ0n) is 25.3. The zero-order valence-corrected chi connectivity index (χ0v) is 25.3. The Morgan fingerprint density at radius 1 is 1.12 bits per heavy atom. The molecule has 4 rings (SSSR count). The molecule has 1 N–H and O–H groups in total. The number of piperidine rings is 1. The first-order chi connectivity index (χ1) is 19.9. The Bertz CT molecular complexity index is 1100. The molecule has 0 aromatic heterocycles. The van der Waals surface area contributed by atoms with Crippen LogP contribution in [0.15, 0.2) is 42.5 Å². The van der Waals surface area contributed by atoms with Gasteiger partial charge in [-0.25, -0.2) is 0 Å². The lowest BCUT2D eigenvalue weighted by Gasteiger charge is -2.40. The minimum atomic E-state index is -0.108. The van der Waals surface area contributed by atoms with Crippen molar-refractivity contribution in [3.8, 4) is 11.5 Å². The number of carbonyl (C=O) groups excluding carboxylic acids is 1. The fourth-order valence-corrected chi connectivity index (χ4v) is 5.88. The molecule has 2 aliphatic rings. The molecule has 2 unspecified atom stereocenters. The van der Waals surface area contributed by atoms with Gasteiger partial charge in [-0.2, -0.15) is 0 Å². The maximum absolute atomic E-state index is 12.1. The van der Waals surface area contributed by atoms with Crippen molar-refractivity contribution in [2.45, 2.75) is 58.0 Å². The van der Waals surface area contributed by atoms with Gasteiger partial charge in [-0.3, -0.25) is 4.79 Å². The van der Waals surface area contributed by atoms with Crippen molar-refractivity contribution in [1.29, 1.82) is 0 Å². The minimum absolute atomic E-state index is 0.0140. The van der Waals surface area contributed by atoms with Crippen LogP contribution in [-0.4, -0.2) is 95.8 Å². The number of ether oxygens (including phenoxy) is 5. The molecule has 1 amide bonds. The Hall–Kier alpha value is -2.85. The van der Waals surface area contributed by atoms with Gasteiger partial charge in [0.05, 0.1) is 50.8 Å². The van der Waals surface area contributed by atoms with Crippen LogP contribution in [-0.2, 0) is 25.6 Å². The highest BCUT2D eigenvalue weighted by molar-refractivity contribution is 5.73. The first-order valence-electron chi connectivity index (χ1n) is 14.8. The van der Waals surface area contributed by atoms with Crippen LogP contribution in [0.4, 0.5) is 5.69 Å². The second-order valence-corrected chi connectivity index (χ2v) is 10.8. The molecule has 0 saturated carbocycles. The first kappa shape index (κ1) is 31.1. The van der Waals surface area contributed by atoms with Crippen molar-refractivity contribution in [3.05, 3.63) is 53.6 Å². The molecule has 41 heavy (non-hydrogen) atoms. The number of nitrogens with one attached hydrogen (secondary N) is 1. The first-order valence-corrected chi connectivity index (χ1v) is 14.8. The van der Waals surface area contributed by atoms with Crippen LogP contribution in [0.5, 0.6) is 11.5 Å². The standard InChI is InChI=1S/C32H47N3O6/c1-6-35(24(3)36)23(2)21-40-30-19-33-20-31(32(30)26-9-11-27(38-5)12-10-26)41-22-25-8-13-29-28(18-25)34(15-17-39-29)14-7-16-37-4/h8-13,18,23,30-33H,6-7,14-17,19-22H2,1-5H3/t23-,30-,31?,32?/m1/s1. The van der Waals surface area contributed by atoms with Crippen LogP contribution in [0.2, 0.25) is 0 Å². The fraction of sp³-hybridized carbons (Fsp3) is 0.594. The van der Waals surface area contributed by atoms with Gasteiger partial charge in [-0.15, -0.1) is 0 Å². The molecule has 226 valence electrons. The molecule has 1 fully saturated rings. The van der Waals surface area contributed by atoms with Gasteiger partial charge in [0, 0.05) is 52.7 Å². The summed E-state index contributed by atoms with van der Waals surface area (Å²) < 4.78 is 29.8. The highest BCUT2D eigenvalue weighted by atomic mass is 16.5. The molecule has 2 heterocycles. The Kier molecular flexibility index (Phi) is 11.7. The van der Waals surface area contributed by atoms with Gasteiger partial charge in [0.15, 0.2) is 0 Å². The number of amides is 1. The minimum Gasteiger partial charge on any atom is -0.497 e. The second-order valence-electron chi connectivity index (χ2n) is 10.8. The monoisotopic (exact) mass is 569 g/mol. The van der Waals surface area contributed by atoms with Gasteiger partial charge in [0.25, 0.3) is 0 Å². The SMILES string of the molecule is CCN(C(C)=O)[C@H](C)CO[C@@H]1CNCC(OCc2ccc3c(c2)N(CCCOC)CCO3)C1c1ccc(OC)cc1. The summed E-state index contributed by atoms with van der Waals surface area (Å²) in [6.07, 6.45) is 0.761. The molecule has 4 atom stereocenters. The Morgan fingerprint density at radius 2 is 1.88 bits per heavy atom. The number of benzene rings is 2. The number of anilines is 1. The lowest BCUT2D eigenvalue weighted by atomic mass is 9.85. The quantitative estimate of drug-likeness (QED) is 0.344. The summed E-state index contributed by atoms with van der Waals surface area (Å²) in [5.41, 5.74) is 3.37. The van der Waals surface area contributed by atoms with Crippen molar-refractivity contribution >= 4 is 11.6 Å². The van der Waals surface area contributed by atoms with Gasteiger partial charge in [-0.1, -0.05) is 18.2 Å². The van der Waals surface area contributed by atoms with Crippen LogP contribution < -0.4 is 19.7 Å². The number of methoxy groups -OCH3 is 2. The fourth-order valence-electron chi connectivity index (χ4n) is 5.88. The number of carbonyl (C=O) groups is 1. The van der Waals surface area contributed by atoms with Gasteiger partial charge >= 0.3 is 0 Å². The molecule has 2 aromatic carbocycles. The van der Waals surface area contributed by atoms with Crippen molar-refractivity contribution in [2.75, 3.05) is 71.7 Å². The predicted octanol–water partition coefficient (Wildman–Crippen LogP) is 3.84. The summed E-state index contributed by atoms with van der Waals surface area (Å²) in [6.45, 7) is 11.9. The number of fused-ring (bicyclic) bond motifs is 1. The predicted molar refractivity (Wildman–Crippen MR) is 160 cm³/mol. The van der Waals surface area contributed by atoms with Crippen molar-refractivity contribution < 1.29 is 28.5 Å². The molecule has 2 aliphatic heterocycles. The highest BCUT2D eigenvalue weighted by Crippen LogP contribution is 2.35. The number of likely N-dealkylation sites (N-methyl/N-ethyl adjacent to an activating group) is 1. The number of rotatable bonds is 14. The summed E-state index contributed by atoms with van der Waals surface area (Å²) in [5.74, 6) is 1.82. The van der Waals surface area contributed by atoms with Crippen LogP contribution in [0, 0.1) is 0 Å². The third kappa shape index (κ3) is 8.13. The van der Waals surface area contributed by atoms with E-state index in [4.69, 9.17) is 23.7 Å². The van der Waals surface area contributed by atoms with E-state index in [0.29, 0.717) is 32.9 Å². The highest BCUT2D eigenvalue weighted by Gasteiger charge is 2.36. The number of hydrogen-bond acceptors (Lipinski definition) is 8. The molecular weight excluding hydrogens is 522 g/mol. The van der Waals surface area contributed by atoms with Crippen molar-refractivity contribution in [2.24, 2.45) is 0 Å². The lowest BCUT2D eigenvalue weighted by molar-refractivity contribution is -0.133. The van der Waals surface area contributed by atoms with Crippen molar-refractivity contribution in [1.82, 2.24) is 10.2 Å². The molecule has 9 nitrogen and oxygen atoms in total. The van der Waals surface area contributed by atoms with E-state index >= 15 is 0 Å². The summed E-state index contributed by atoms with van der Waals surface area (Å²) >= 11 is 0. The summed E-state index contributed by atoms with van der Waals surface area (Å²) in [7, 11) is 3.42. The van der Waals surface area contributed by atoms with E-state index in [0.717, 1.165) is 61.0 Å². The summed E-state index contributed by atoms with van der Waals surface area (Å²) in [6, 6.07) is 14.5. The second kappa shape index (κ2) is 15.4. The number of hydrogen-bond donors (Lipinski definition) is 1. The third-order valence-electron chi connectivity index (χ3n) is 8.04. The summed E-state index contributed by atoms with van der Waals surface area (Å²) in [5, 5.41) is 3.52. The third-order valence-corrected chi connectivity index (χ3v) is 8.04. The van der Waals surface area contributed by atoms with Gasteiger partial charge < -0.3 is 38.8 Å². The van der Waals surface area contributed by atoms with E-state index in [9.17, 15) is 4.79 Å². The van der Waals surface area contributed by atoms with E-state index < -0.39 is 0 Å². The van der Waals surface area contributed by atoms with Gasteiger partial charge in [0.2, 0.25) is 5.91 Å². The van der Waals surface area contributed by atoms with E-state index in [2.05, 4.69) is 40.5 Å². The Morgan fingerprint density at radius 3 is 2.56 bits per heavy atom. The van der Waals surface area contributed by atoms with Crippen molar-refractivity contribution in [3.63, 3.8) is 0 Å². The van der Waals surface area contributed by atoms with Crippen LogP contribution >= 0.6 is 0 Å². The zero-order chi connectivity index (χ0) is 29.2. The van der Waals surface area contributed by atoms with Gasteiger partial charge in [-0.05, 0) is 55.7 Å². The maximum Gasteiger partial charge on any atom is 0.219 e. The maximum atomic E-state index is 12.1. The average molecular weight is 570 g/mol. The van der Waals surface area contributed by atoms with Crippen LogP contribution in [0.25, 0.3) is 0 Å². The molecule has 0 aliphatic carbocycles. The summed E-state index contributed by atoms with van der Waals surface area (Å²) in [4.78, 5) is 16.3. The van der Waals surface area contributed by atoms with Crippen LogP contribution in [0.1, 0.15) is 44.2 Å².